The first-order valence-electron chi connectivity index (χ1n) is 24.8. The molecule has 0 amide bonds. The molecular formula is C58H62IrN4OSi-2. The molecule has 9 rings (SSSR count). The number of aryl methyl sites for hydroxylation is 3. The molecule has 0 bridgehead atoms. The van der Waals surface area contributed by atoms with Crippen LogP contribution in [0.1, 0.15) is 101 Å². The molecule has 0 fully saturated rings. The summed E-state index contributed by atoms with van der Waals surface area (Å²) < 4.78 is 48.9. The second-order valence-corrected chi connectivity index (χ2v) is 24.7. The molecule has 1 radical (unpaired) electrons. The molecule has 0 atom stereocenters. The van der Waals surface area contributed by atoms with Crippen LogP contribution < -0.4 is 5.19 Å². The maximum atomic E-state index is 8.79. The summed E-state index contributed by atoms with van der Waals surface area (Å²) in [5.41, 5.74) is 14.1. The Hall–Kier alpha value is -5.46. The summed E-state index contributed by atoms with van der Waals surface area (Å²) in [6.07, 6.45) is 0.269. The Balaban J connectivity index is 0.000000225. The van der Waals surface area contributed by atoms with E-state index in [0.717, 1.165) is 55.4 Å². The van der Waals surface area contributed by atoms with Gasteiger partial charge >= 0.3 is 0 Å². The molecule has 4 heterocycles. The van der Waals surface area contributed by atoms with Crippen LogP contribution in [0.15, 0.2) is 120 Å². The molecule has 0 aliphatic heterocycles. The van der Waals surface area contributed by atoms with Gasteiger partial charge in [-0.15, -0.1) is 53.6 Å². The van der Waals surface area contributed by atoms with Crippen molar-refractivity contribution in [2.45, 2.75) is 107 Å². The fraction of sp³-hybridized carbons (Fsp3) is 0.293. The Bertz CT molecular complexity index is 3310. The van der Waals surface area contributed by atoms with Crippen molar-refractivity contribution in [3.8, 4) is 39.5 Å². The number of fused-ring (bicyclic) bond motifs is 4. The van der Waals surface area contributed by atoms with Crippen LogP contribution in [0.3, 0.4) is 0 Å². The van der Waals surface area contributed by atoms with Crippen LogP contribution >= 0.6 is 0 Å². The van der Waals surface area contributed by atoms with Gasteiger partial charge in [-0.3, -0.25) is 4.98 Å². The van der Waals surface area contributed by atoms with Crippen molar-refractivity contribution < 1.29 is 31.4 Å². The molecule has 65 heavy (non-hydrogen) atoms. The molecule has 4 aromatic heterocycles. The number of hydrogen-bond acceptors (Lipinski definition) is 4. The molecule has 335 valence electrons. The van der Waals surface area contributed by atoms with E-state index in [2.05, 4.69) is 155 Å². The van der Waals surface area contributed by atoms with Crippen molar-refractivity contribution in [3.05, 3.63) is 161 Å². The van der Waals surface area contributed by atoms with Crippen molar-refractivity contribution >= 4 is 46.4 Å². The first-order valence-corrected chi connectivity index (χ1v) is 25.8. The summed E-state index contributed by atoms with van der Waals surface area (Å²) in [7, 11) is -1.81. The van der Waals surface area contributed by atoms with Crippen molar-refractivity contribution in [2.75, 3.05) is 0 Å². The molecular weight excluding hydrogens is 989 g/mol. The summed E-state index contributed by atoms with van der Waals surface area (Å²) in [5.74, 6) is 1.35. The Morgan fingerprint density at radius 1 is 0.785 bits per heavy atom. The molecule has 0 saturated heterocycles. The fourth-order valence-electron chi connectivity index (χ4n) is 8.37. The Kier molecular flexibility index (Phi) is 11.9. The smallest absolute Gasteiger partial charge is 0.168 e. The molecule has 0 aliphatic rings. The monoisotopic (exact) mass is 1060 g/mol. The Morgan fingerprint density at radius 3 is 2.12 bits per heavy atom. The zero-order valence-corrected chi connectivity index (χ0v) is 43.0. The molecule has 0 spiro atoms. The van der Waals surface area contributed by atoms with E-state index in [1.54, 1.807) is 18.3 Å². The predicted octanol–water partition coefficient (Wildman–Crippen LogP) is 15.3. The van der Waals surface area contributed by atoms with Crippen LogP contribution in [0.25, 0.3) is 72.6 Å². The van der Waals surface area contributed by atoms with E-state index < -0.39 is 26.7 Å². The third-order valence-electron chi connectivity index (χ3n) is 11.5. The molecule has 5 aromatic carbocycles. The Morgan fingerprint density at radius 2 is 1.49 bits per heavy atom. The number of imidazole rings is 1. The third kappa shape index (κ3) is 10.0. The number of benzene rings is 5. The SMILES string of the molecule is Cc1ccc2c(c1)oc1c(-c3nc4nc(C)ccc4n3-c3c(C(C)C)cc(-c4ccccc4)cc3C(C)C)[c-]ccc12.[2H]C([2H])([2H])c1c[c-]c(-c2cc(C([2H])([2H])C(C)(C)C)c([Si](C)(C)C)cn2)cc1.[Ir]. The van der Waals surface area contributed by atoms with Crippen molar-refractivity contribution in [2.24, 2.45) is 5.41 Å². The summed E-state index contributed by atoms with van der Waals surface area (Å²) in [6, 6.07) is 43.1. The molecule has 0 unspecified atom stereocenters. The van der Waals surface area contributed by atoms with E-state index in [1.165, 1.54) is 39.6 Å². The first kappa shape index (κ1) is 41.0. The van der Waals surface area contributed by atoms with E-state index in [1.807, 2.05) is 39.8 Å². The van der Waals surface area contributed by atoms with E-state index in [9.17, 15) is 0 Å². The number of furan rings is 1. The van der Waals surface area contributed by atoms with E-state index >= 15 is 0 Å². The fourth-order valence-corrected chi connectivity index (χ4v) is 9.77. The van der Waals surface area contributed by atoms with Crippen LogP contribution in [-0.2, 0) is 26.5 Å². The molecule has 7 heteroatoms. The van der Waals surface area contributed by atoms with Gasteiger partial charge in [0.15, 0.2) is 5.65 Å². The molecule has 0 aliphatic carbocycles. The summed E-state index contributed by atoms with van der Waals surface area (Å²) in [5, 5.41) is 3.17. The van der Waals surface area contributed by atoms with Gasteiger partial charge in [0.05, 0.1) is 25.0 Å². The van der Waals surface area contributed by atoms with Gasteiger partial charge in [0, 0.05) is 49.9 Å². The number of hydrogen-bond donors (Lipinski definition) is 0. The van der Waals surface area contributed by atoms with Gasteiger partial charge < -0.3 is 14.0 Å². The molecule has 0 saturated carbocycles. The van der Waals surface area contributed by atoms with Gasteiger partial charge in [-0.05, 0) is 107 Å². The van der Waals surface area contributed by atoms with Crippen molar-refractivity contribution in [1.29, 1.82) is 0 Å². The zero-order chi connectivity index (χ0) is 50.0. The maximum Gasteiger partial charge on any atom is 0.168 e. The van der Waals surface area contributed by atoms with Crippen LogP contribution in [-0.4, -0.2) is 27.6 Å². The average molecular weight is 1060 g/mol. The van der Waals surface area contributed by atoms with Crippen LogP contribution in [0, 0.1) is 38.2 Å². The second-order valence-electron chi connectivity index (χ2n) is 19.7. The predicted molar refractivity (Wildman–Crippen MR) is 273 cm³/mol. The summed E-state index contributed by atoms with van der Waals surface area (Å²) in [6.45, 7) is 23.3. The molecule has 0 N–H and O–H groups in total. The number of rotatable bonds is 8. The van der Waals surface area contributed by atoms with Crippen LogP contribution in [0.4, 0.5) is 0 Å². The number of aromatic nitrogens is 4. The van der Waals surface area contributed by atoms with Gasteiger partial charge in [0.2, 0.25) is 0 Å². The van der Waals surface area contributed by atoms with E-state index in [4.69, 9.17) is 21.2 Å². The largest absolute Gasteiger partial charge is 0.501 e. The van der Waals surface area contributed by atoms with Gasteiger partial charge in [0.25, 0.3) is 0 Å². The van der Waals surface area contributed by atoms with Crippen LogP contribution in [0.5, 0.6) is 0 Å². The van der Waals surface area contributed by atoms with Gasteiger partial charge in [-0.1, -0.05) is 140 Å². The van der Waals surface area contributed by atoms with E-state index in [0.29, 0.717) is 16.8 Å². The minimum atomic E-state index is -2.17. The van der Waals surface area contributed by atoms with E-state index in [-0.39, 0.29) is 37.5 Å². The molecule has 5 nitrogen and oxygen atoms in total. The quantitative estimate of drug-likeness (QED) is 0.112. The van der Waals surface area contributed by atoms with Gasteiger partial charge in [-0.25, -0.2) is 4.98 Å². The standard InChI is InChI=1S/C38H34N3O.C20H28NSi.Ir/c1-22(2)31-20-27(26-11-8-7-9-12-26)21-32(23(3)4)35(31)41-33-18-16-25(6)39-37(33)40-38(41)30-14-10-13-29-28-17-15-24(5)19-34(28)42-36(29)30;1-15-8-10-16(11-9-15)18-12-17(13-20(2,3)4)19(14-21-18)22(5,6)7;/h7-13,15-23H,1-6H3;8-10,12,14H,13H2,1-7H3;/q2*-1;/i;1D3,13D2;. The second kappa shape index (κ2) is 18.8. The van der Waals surface area contributed by atoms with Crippen molar-refractivity contribution in [3.63, 3.8) is 0 Å². The summed E-state index contributed by atoms with van der Waals surface area (Å²) in [4.78, 5) is 14.6. The Labute approximate surface area is 408 Å². The van der Waals surface area contributed by atoms with Gasteiger partial charge in [-0.2, -0.15) is 0 Å². The number of pyridine rings is 2. The minimum Gasteiger partial charge on any atom is -0.501 e. The summed E-state index contributed by atoms with van der Waals surface area (Å²) >= 11 is 0. The minimum absolute atomic E-state index is 0. The zero-order valence-electron chi connectivity index (χ0n) is 44.7. The first-order chi connectivity index (χ1) is 32.3. The normalized spacial score (nSPS) is 13.5. The molecule has 9 aromatic rings. The van der Waals surface area contributed by atoms with Gasteiger partial charge in [0.1, 0.15) is 5.58 Å². The third-order valence-corrected chi connectivity index (χ3v) is 13.5. The number of nitrogens with zero attached hydrogens (tertiary/aromatic N) is 4. The van der Waals surface area contributed by atoms with Crippen LogP contribution in [0.2, 0.25) is 19.6 Å². The van der Waals surface area contributed by atoms with Crippen molar-refractivity contribution in [1.82, 2.24) is 19.5 Å². The average Bonchev–Trinajstić information content (AvgIpc) is 3.85. The maximum absolute atomic E-state index is 8.79. The topological polar surface area (TPSA) is 56.7 Å².